The van der Waals surface area contributed by atoms with Crippen LogP contribution in [0.25, 0.3) is 5.57 Å². The molecule has 0 aliphatic heterocycles. The Morgan fingerprint density at radius 1 is 1.29 bits per heavy atom. The van der Waals surface area contributed by atoms with Crippen LogP contribution in [0.1, 0.15) is 58.2 Å². The van der Waals surface area contributed by atoms with E-state index in [0.717, 1.165) is 25.0 Å². The first kappa shape index (κ1) is 15.6. The minimum absolute atomic E-state index is 0.148. The molecule has 0 spiro atoms. The normalized spacial score (nSPS) is 18.3. The van der Waals surface area contributed by atoms with Crippen LogP contribution >= 0.6 is 0 Å². The summed E-state index contributed by atoms with van der Waals surface area (Å²) in [6.45, 7) is 8.81. The lowest BCUT2D eigenvalue weighted by atomic mass is 9.85. The maximum absolute atomic E-state index is 4.69. The van der Waals surface area contributed by atoms with Crippen molar-refractivity contribution in [1.82, 2.24) is 4.98 Å². The average Bonchev–Trinajstić information content (AvgIpc) is 2.47. The van der Waals surface area contributed by atoms with Crippen LogP contribution in [-0.4, -0.2) is 4.98 Å². The second-order valence-corrected chi connectivity index (χ2v) is 6.62. The Hall–Kier alpha value is -1.81. The molecule has 1 unspecified atom stereocenters. The minimum atomic E-state index is 0.148. The molecule has 110 valence electrons. The smallest absolute Gasteiger partial charge is 0.0671 e. The van der Waals surface area contributed by atoms with Crippen LogP contribution in [0.2, 0.25) is 0 Å². The van der Waals surface area contributed by atoms with Crippen LogP contribution in [-0.2, 0) is 5.41 Å². The molecule has 0 radical (unpaired) electrons. The van der Waals surface area contributed by atoms with Crippen LogP contribution in [0.3, 0.4) is 0 Å². The Morgan fingerprint density at radius 2 is 2.10 bits per heavy atom. The fourth-order valence-corrected chi connectivity index (χ4v) is 2.47. The molecule has 1 heteroatoms. The van der Waals surface area contributed by atoms with E-state index >= 15 is 0 Å². The van der Waals surface area contributed by atoms with Crippen LogP contribution in [0.15, 0.2) is 36.6 Å². The van der Waals surface area contributed by atoms with Crippen molar-refractivity contribution >= 4 is 5.57 Å². The average molecular weight is 279 g/mol. The molecule has 0 aromatic carbocycles. The summed E-state index contributed by atoms with van der Waals surface area (Å²) in [5.41, 5.74) is 3.79. The Bertz CT molecular complexity index is 585. The molecule has 0 bridgehead atoms. The monoisotopic (exact) mass is 279 g/mol. The third-order valence-corrected chi connectivity index (χ3v) is 3.87. The van der Waals surface area contributed by atoms with Gasteiger partial charge in [-0.15, -0.1) is 0 Å². The van der Waals surface area contributed by atoms with E-state index in [-0.39, 0.29) is 5.41 Å². The number of hydrogen-bond donors (Lipinski definition) is 0. The van der Waals surface area contributed by atoms with E-state index in [4.69, 9.17) is 0 Å². The van der Waals surface area contributed by atoms with Gasteiger partial charge < -0.3 is 0 Å². The van der Waals surface area contributed by atoms with Gasteiger partial charge in [0.15, 0.2) is 0 Å². The van der Waals surface area contributed by atoms with Gasteiger partial charge in [-0.05, 0) is 41.5 Å². The van der Waals surface area contributed by atoms with Gasteiger partial charge in [0.1, 0.15) is 0 Å². The molecule has 1 aliphatic rings. The van der Waals surface area contributed by atoms with Crippen molar-refractivity contribution in [3.63, 3.8) is 0 Å². The highest BCUT2D eigenvalue weighted by atomic mass is 14.7. The highest BCUT2D eigenvalue weighted by Crippen LogP contribution is 2.30. The topological polar surface area (TPSA) is 12.9 Å². The standard InChI is InChI=1S/C20H25N/c1-5-6-7-10-16-11-8-9-12-18(16)19-14-13-17(15-21-19)20(2,3)4/h6-7,12-16H,5,10-11H2,1-4H3. The first-order chi connectivity index (χ1) is 10.0. The molecule has 1 aromatic rings. The molecule has 0 saturated carbocycles. The van der Waals surface area contributed by atoms with Gasteiger partial charge >= 0.3 is 0 Å². The molecule has 0 saturated heterocycles. The predicted octanol–water partition coefficient (Wildman–Crippen LogP) is 5.14. The highest BCUT2D eigenvalue weighted by Gasteiger charge is 2.19. The molecule has 1 aromatic heterocycles. The first-order valence-electron chi connectivity index (χ1n) is 7.82. The Labute approximate surface area is 129 Å². The molecule has 2 rings (SSSR count). The summed E-state index contributed by atoms with van der Waals surface area (Å²) in [5, 5.41) is 0. The SMILES string of the molecule is CCC=CCC1CC#CC=C1c1ccc(C(C)(C)C)cn1. The third-order valence-electron chi connectivity index (χ3n) is 3.87. The van der Waals surface area contributed by atoms with Crippen LogP contribution in [0, 0.1) is 17.8 Å². The maximum Gasteiger partial charge on any atom is 0.0671 e. The molecule has 0 N–H and O–H groups in total. The maximum atomic E-state index is 4.69. The van der Waals surface area contributed by atoms with E-state index in [9.17, 15) is 0 Å². The zero-order valence-electron chi connectivity index (χ0n) is 13.6. The van der Waals surface area contributed by atoms with Gasteiger partial charge in [0.2, 0.25) is 0 Å². The molecule has 1 heterocycles. The summed E-state index contributed by atoms with van der Waals surface area (Å²) in [7, 11) is 0. The lowest BCUT2D eigenvalue weighted by Crippen LogP contribution is -2.12. The Morgan fingerprint density at radius 3 is 2.71 bits per heavy atom. The molecule has 21 heavy (non-hydrogen) atoms. The van der Waals surface area contributed by atoms with Crippen molar-refractivity contribution in [2.75, 3.05) is 0 Å². The quantitative estimate of drug-likeness (QED) is 0.549. The summed E-state index contributed by atoms with van der Waals surface area (Å²) in [6, 6.07) is 4.35. The summed E-state index contributed by atoms with van der Waals surface area (Å²) in [6.07, 6.45) is 11.6. The van der Waals surface area contributed by atoms with E-state index in [0.29, 0.717) is 5.92 Å². The first-order valence-corrected chi connectivity index (χ1v) is 7.82. The summed E-state index contributed by atoms with van der Waals surface area (Å²) < 4.78 is 0. The molecule has 1 aliphatic carbocycles. The fraction of sp³-hybridized carbons (Fsp3) is 0.450. The lowest BCUT2D eigenvalue weighted by molar-refractivity contribution is 0.587. The lowest BCUT2D eigenvalue weighted by Gasteiger charge is -2.21. The zero-order valence-corrected chi connectivity index (χ0v) is 13.6. The van der Waals surface area contributed by atoms with Crippen LogP contribution in [0.4, 0.5) is 0 Å². The molecular weight excluding hydrogens is 254 g/mol. The van der Waals surface area contributed by atoms with Crippen molar-refractivity contribution in [2.24, 2.45) is 5.92 Å². The Kier molecular flexibility index (Phi) is 5.02. The number of aromatic nitrogens is 1. The zero-order chi connectivity index (χ0) is 15.3. The van der Waals surface area contributed by atoms with Gasteiger partial charge in [0.25, 0.3) is 0 Å². The minimum Gasteiger partial charge on any atom is -0.256 e. The molecular formula is C20H25N. The van der Waals surface area contributed by atoms with E-state index in [1.165, 1.54) is 11.1 Å². The van der Waals surface area contributed by atoms with Crippen LogP contribution < -0.4 is 0 Å². The van der Waals surface area contributed by atoms with Crippen LogP contribution in [0.5, 0.6) is 0 Å². The largest absolute Gasteiger partial charge is 0.256 e. The number of pyridine rings is 1. The van der Waals surface area contributed by atoms with Crippen molar-refractivity contribution < 1.29 is 0 Å². The molecule has 0 fully saturated rings. The summed E-state index contributed by atoms with van der Waals surface area (Å²) >= 11 is 0. The summed E-state index contributed by atoms with van der Waals surface area (Å²) in [5.74, 6) is 6.81. The van der Waals surface area contributed by atoms with Gasteiger partial charge in [-0.3, -0.25) is 4.98 Å². The van der Waals surface area contributed by atoms with Crippen molar-refractivity contribution in [1.29, 1.82) is 0 Å². The molecule has 0 amide bonds. The molecule has 1 nitrogen and oxygen atoms in total. The van der Waals surface area contributed by atoms with E-state index in [1.807, 2.05) is 12.3 Å². The van der Waals surface area contributed by atoms with Gasteiger partial charge in [-0.25, -0.2) is 0 Å². The molecule has 1 atom stereocenters. The van der Waals surface area contributed by atoms with E-state index in [2.05, 4.69) is 68.8 Å². The van der Waals surface area contributed by atoms with Gasteiger partial charge in [-0.1, -0.05) is 57.8 Å². The van der Waals surface area contributed by atoms with Crippen molar-refractivity contribution in [2.45, 2.75) is 52.4 Å². The second kappa shape index (κ2) is 6.76. The number of allylic oxidation sites excluding steroid dienone is 4. The second-order valence-electron chi connectivity index (χ2n) is 6.62. The third kappa shape index (κ3) is 4.08. The summed E-state index contributed by atoms with van der Waals surface area (Å²) in [4.78, 5) is 4.69. The van der Waals surface area contributed by atoms with E-state index in [1.54, 1.807) is 0 Å². The number of rotatable bonds is 4. The van der Waals surface area contributed by atoms with Gasteiger partial charge in [0.05, 0.1) is 5.69 Å². The number of nitrogens with zero attached hydrogens (tertiary/aromatic N) is 1. The van der Waals surface area contributed by atoms with Gasteiger partial charge in [0, 0.05) is 18.5 Å². The highest BCUT2D eigenvalue weighted by molar-refractivity contribution is 5.69. The van der Waals surface area contributed by atoms with Gasteiger partial charge in [-0.2, -0.15) is 0 Å². The van der Waals surface area contributed by atoms with Crippen molar-refractivity contribution in [3.05, 3.63) is 47.8 Å². The fourth-order valence-electron chi connectivity index (χ4n) is 2.47. The predicted molar refractivity (Wildman–Crippen MR) is 90.8 cm³/mol. The Balaban J connectivity index is 2.20. The van der Waals surface area contributed by atoms with Crippen molar-refractivity contribution in [3.8, 4) is 11.8 Å². The van der Waals surface area contributed by atoms with E-state index < -0.39 is 0 Å². The number of hydrogen-bond acceptors (Lipinski definition) is 1.